The average Bonchev–Trinajstić information content (AvgIpc) is 2.89. The van der Waals surface area contributed by atoms with Crippen molar-refractivity contribution in [3.05, 3.63) is 42.0 Å². The Balaban J connectivity index is 1.36. The summed E-state index contributed by atoms with van der Waals surface area (Å²) in [5, 5.41) is 3.18. The van der Waals surface area contributed by atoms with Crippen LogP contribution in [0.1, 0.15) is 52.1 Å². The lowest BCUT2D eigenvalue weighted by Gasteiger charge is -2.44. The molecule has 37 heavy (non-hydrogen) atoms. The molecule has 6 rings (SSSR count). The monoisotopic (exact) mass is 508 g/mol. The van der Waals surface area contributed by atoms with Gasteiger partial charge in [0.1, 0.15) is 23.4 Å². The summed E-state index contributed by atoms with van der Waals surface area (Å²) < 4.78 is 23.8. The number of hydrogen-bond acceptors (Lipinski definition) is 6. The number of nitrogens with one attached hydrogen (secondary N) is 1. The van der Waals surface area contributed by atoms with Crippen molar-refractivity contribution in [3.63, 3.8) is 0 Å². The molecule has 7 nitrogen and oxygen atoms in total. The smallest absolute Gasteiger partial charge is 0.407 e. The first-order valence-electron chi connectivity index (χ1n) is 13.5. The molecule has 0 radical (unpaired) electrons. The van der Waals surface area contributed by atoms with Crippen LogP contribution >= 0.6 is 0 Å². The second-order valence-electron chi connectivity index (χ2n) is 11.8. The Hall–Kier alpha value is -2.93. The van der Waals surface area contributed by atoms with Crippen molar-refractivity contribution in [1.82, 2.24) is 10.2 Å². The predicted molar refractivity (Wildman–Crippen MR) is 143 cm³/mol. The SMILES string of the molecule is COc1cc2c(cc1-c1ccc(OCC(C)C)cc1)OCC(C)(C)C2NC(=O)O[C@@H]1CN2CCC1CC2. The number of nitrogens with zero attached hydrogens (tertiary/aromatic N) is 1. The third kappa shape index (κ3) is 5.52. The molecule has 2 atom stereocenters. The Morgan fingerprint density at radius 2 is 1.89 bits per heavy atom. The van der Waals surface area contributed by atoms with Gasteiger partial charge >= 0.3 is 6.09 Å². The van der Waals surface area contributed by atoms with E-state index in [1.165, 1.54) is 0 Å². The molecule has 4 heterocycles. The Bertz CT molecular complexity index is 1110. The number of hydrogen-bond donors (Lipinski definition) is 1. The van der Waals surface area contributed by atoms with E-state index < -0.39 is 0 Å². The summed E-state index contributed by atoms with van der Waals surface area (Å²) in [5.74, 6) is 3.27. The highest BCUT2D eigenvalue weighted by molar-refractivity contribution is 5.75. The summed E-state index contributed by atoms with van der Waals surface area (Å²) in [6.45, 7) is 12.7. The van der Waals surface area contributed by atoms with Gasteiger partial charge in [0.15, 0.2) is 0 Å². The fourth-order valence-corrected chi connectivity index (χ4v) is 5.69. The fourth-order valence-electron chi connectivity index (χ4n) is 5.69. The van der Waals surface area contributed by atoms with Gasteiger partial charge in [0.2, 0.25) is 0 Å². The molecule has 4 aliphatic rings. The Kier molecular flexibility index (Phi) is 7.26. The van der Waals surface area contributed by atoms with Crippen LogP contribution in [0.3, 0.4) is 0 Å². The van der Waals surface area contributed by atoms with Crippen molar-refractivity contribution in [3.8, 4) is 28.4 Å². The average molecular weight is 509 g/mol. The summed E-state index contributed by atoms with van der Waals surface area (Å²) in [7, 11) is 1.67. The number of carbonyl (C=O) groups is 1. The summed E-state index contributed by atoms with van der Waals surface area (Å²) in [4.78, 5) is 15.5. The number of carbonyl (C=O) groups excluding carboxylic acids is 1. The molecule has 1 unspecified atom stereocenters. The van der Waals surface area contributed by atoms with Gasteiger partial charge in [0.05, 0.1) is 26.4 Å². The molecule has 0 aliphatic carbocycles. The third-order valence-corrected chi connectivity index (χ3v) is 7.89. The Morgan fingerprint density at radius 3 is 2.51 bits per heavy atom. The minimum absolute atomic E-state index is 0.0330. The zero-order chi connectivity index (χ0) is 26.2. The number of fused-ring (bicyclic) bond motifs is 4. The minimum atomic E-state index is -0.357. The normalized spacial score (nSPS) is 25.7. The lowest BCUT2D eigenvalue weighted by molar-refractivity contribution is -0.0361. The van der Waals surface area contributed by atoms with Crippen molar-refractivity contribution >= 4 is 6.09 Å². The lowest BCUT2D eigenvalue weighted by atomic mass is 9.78. The molecule has 2 aromatic carbocycles. The molecule has 1 amide bonds. The molecule has 0 spiro atoms. The summed E-state index contributed by atoms with van der Waals surface area (Å²) in [6, 6.07) is 11.8. The van der Waals surface area contributed by atoms with Gasteiger partial charge in [-0.1, -0.05) is 39.8 Å². The number of piperidine rings is 3. The highest BCUT2D eigenvalue weighted by Crippen LogP contribution is 2.47. The Labute approximate surface area is 220 Å². The van der Waals surface area contributed by atoms with Gasteiger partial charge in [0, 0.05) is 23.1 Å². The first-order chi connectivity index (χ1) is 17.7. The maximum absolute atomic E-state index is 13.1. The zero-order valence-corrected chi connectivity index (χ0v) is 22.7. The van der Waals surface area contributed by atoms with E-state index in [1.807, 2.05) is 36.4 Å². The van der Waals surface area contributed by atoms with Gasteiger partial charge in [0.25, 0.3) is 0 Å². The van der Waals surface area contributed by atoms with Crippen LogP contribution < -0.4 is 19.5 Å². The summed E-state index contributed by atoms with van der Waals surface area (Å²) >= 11 is 0. The van der Waals surface area contributed by atoms with Gasteiger partial charge < -0.3 is 24.3 Å². The number of methoxy groups -OCH3 is 1. The molecule has 1 N–H and O–H groups in total. The highest BCUT2D eigenvalue weighted by atomic mass is 16.6. The van der Waals surface area contributed by atoms with E-state index in [1.54, 1.807) is 7.11 Å². The molecule has 3 fully saturated rings. The maximum atomic E-state index is 13.1. The molecule has 0 aromatic heterocycles. The van der Waals surface area contributed by atoms with E-state index in [9.17, 15) is 4.79 Å². The van der Waals surface area contributed by atoms with Crippen molar-refractivity contribution < 1.29 is 23.7 Å². The number of amides is 1. The summed E-state index contributed by atoms with van der Waals surface area (Å²) in [5.41, 5.74) is 2.53. The number of rotatable bonds is 7. The van der Waals surface area contributed by atoms with E-state index in [0.717, 1.165) is 66.4 Å². The molecular weight excluding hydrogens is 468 g/mol. The van der Waals surface area contributed by atoms with Crippen LogP contribution in [-0.2, 0) is 4.74 Å². The van der Waals surface area contributed by atoms with Crippen LogP contribution in [0, 0.1) is 17.3 Å². The molecule has 0 saturated carbocycles. The largest absolute Gasteiger partial charge is 0.496 e. The first kappa shape index (κ1) is 25.7. The van der Waals surface area contributed by atoms with Crippen LogP contribution in [0.4, 0.5) is 4.79 Å². The van der Waals surface area contributed by atoms with Crippen molar-refractivity contribution in [1.29, 1.82) is 0 Å². The van der Waals surface area contributed by atoms with E-state index >= 15 is 0 Å². The van der Waals surface area contributed by atoms with Gasteiger partial charge in [-0.25, -0.2) is 4.79 Å². The van der Waals surface area contributed by atoms with Gasteiger partial charge in [-0.3, -0.25) is 4.90 Å². The zero-order valence-electron chi connectivity index (χ0n) is 22.7. The van der Waals surface area contributed by atoms with Crippen molar-refractivity contribution in [2.75, 3.05) is 40.0 Å². The first-order valence-corrected chi connectivity index (χ1v) is 13.5. The van der Waals surface area contributed by atoms with Crippen LogP contribution in [-0.4, -0.2) is 57.1 Å². The maximum Gasteiger partial charge on any atom is 0.407 e. The van der Waals surface area contributed by atoms with Crippen LogP contribution in [0.5, 0.6) is 17.2 Å². The highest BCUT2D eigenvalue weighted by Gasteiger charge is 2.41. The van der Waals surface area contributed by atoms with Crippen LogP contribution in [0.2, 0.25) is 0 Å². The van der Waals surface area contributed by atoms with Gasteiger partial charge in [-0.2, -0.15) is 0 Å². The lowest BCUT2D eigenvalue weighted by Crippen LogP contribution is -2.53. The molecular formula is C30H40N2O5. The molecule has 2 bridgehead atoms. The minimum Gasteiger partial charge on any atom is -0.496 e. The van der Waals surface area contributed by atoms with Gasteiger partial charge in [-0.15, -0.1) is 0 Å². The number of benzene rings is 2. The Morgan fingerprint density at radius 1 is 1.16 bits per heavy atom. The summed E-state index contributed by atoms with van der Waals surface area (Å²) in [6.07, 6.45) is 1.82. The van der Waals surface area contributed by atoms with Gasteiger partial charge in [-0.05, 0) is 67.6 Å². The van der Waals surface area contributed by atoms with Crippen molar-refractivity contribution in [2.24, 2.45) is 17.3 Å². The molecule has 7 heteroatoms. The molecule has 3 saturated heterocycles. The van der Waals surface area contributed by atoms with E-state index in [2.05, 4.69) is 37.9 Å². The van der Waals surface area contributed by atoms with Crippen molar-refractivity contribution in [2.45, 2.75) is 52.7 Å². The standard InChI is InChI=1S/C30H40N2O5/c1-19(2)17-35-22-8-6-20(7-9-22)23-14-26-24(15-25(23)34-5)28(30(3,4)18-36-26)31-29(33)37-27-16-32-12-10-21(27)11-13-32/h6-9,14-15,19,21,27-28H,10-13,16-18H2,1-5H3,(H,31,33)/t27-,28?/m1/s1. The fraction of sp³-hybridized carbons (Fsp3) is 0.567. The predicted octanol–water partition coefficient (Wildman–Crippen LogP) is 5.68. The quantitative estimate of drug-likeness (QED) is 0.519. The van der Waals surface area contributed by atoms with E-state index in [0.29, 0.717) is 25.0 Å². The topological polar surface area (TPSA) is 69.3 Å². The van der Waals surface area contributed by atoms with E-state index in [4.69, 9.17) is 18.9 Å². The number of alkyl carbamates (subject to hydrolysis) is 1. The second-order valence-corrected chi connectivity index (χ2v) is 11.8. The molecule has 4 aliphatic heterocycles. The van der Waals surface area contributed by atoms with Crippen LogP contribution in [0.25, 0.3) is 11.1 Å². The van der Waals surface area contributed by atoms with Crippen LogP contribution in [0.15, 0.2) is 36.4 Å². The third-order valence-electron chi connectivity index (χ3n) is 7.89. The second kappa shape index (κ2) is 10.4. The molecule has 200 valence electrons. The van der Waals surface area contributed by atoms with E-state index in [-0.39, 0.29) is 23.7 Å². The number of ether oxygens (including phenoxy) is 4. The molecule has 2 aromatic rings.